The van der Waals surface area contributed by atoms with Crippen LogP contribution >= 0.6 is 0 Å². The van der Waals surface area contributed by atoms with Crippen LogP contribution in [0, 0.1) is 5.41 Å². The fraction of sp³-hybridized carbons (Fsp3) is 0.765. The van der Waals surface area contributed by atoms with Gasteiger partial charge >= 0.3 is 0 Å². The summed E-state index contributed by atoms with van der Waals surface area (Å²) in [5.41, 5.74) is 0.117. The van der Waals surface area contributed by atoms with Crippen molar-refractivity contribution in [2.24, 2.45) is 5.41 Å². The third-order valence-corrected chi connectivity index (χ3v) is 2.70. The number of allylic oxidation sites excluding steroid dienone is 4. The van der Waals surface area contributed by atoms with Gasteiger partial charge in [-0.25, -0.2) is 4.39 Å². The normalized spacial score (nSPS) is 13.7. The van der Waals surface area contributed by atoms with Crippen LogP contribution in [0.5, 0.6) is 0 Å². The van der Waals surface area contributed by atoms with Crippen molar-refractivity contribution in [2.75, 3.05) is 0 Å². The molecule has 0 aromatic carbocycles. The molecule has 0 saturated heterocycles. The lowest BCUT2D eigenvalue weighted by atomic mass is 9.83. The van der Waals surface area contributed by atoms with Gasteiger partial charge < -0.3 is 0 Å². The van der Waals surface area contributed by atoms with Crippen LogP contribution in [-0.2, 0) is 0 Å². The zero-order chi connectivity index (χ0) is 14.4. The maximum absolute atomic E-state index is 13.6. The number of hydrogen-bond acceptors (Lipinski definition) is 0. The van der Waals surface area contributed by atoms with Crippen molar-refractivity contribution in [2.45, 2.75) is 79.8 Å². The summed E-state index contributed by atoms with van der Waals surface area (Å²) >= 11 is 0. The minimum atomic E-state index is -0.812. The second-order valence-corrected chi connectivity index (χ2v) is 5.24. The average Bonchev–Trinajstić information content (AvgIpc) is 2.30. The molecule has 108 valence electrons. The summed E-state index contributed by atoms with van der Waals surface area (Å²) in [6.07, 6.45) is 11.8. The number of rotatable bonds is 8. The second kappa shape index (κ2) is 12.9. The topological polar surface area (TPSA) is 0 Å². The predicted molar refractivity (Wildman–Crippen MR) is 82.7 cm³/mol. The maximum atomic E-state index is 13.6. The van der Waals surface area contributed by atoms with Gasteiger partial charge in [0.1, 0.15) is 6.17 Å². The number of halogens is 1. The molecule has 0 aliphatic heterocycles. The third kappa shape index (κ3) is 13.5. The summed E-state index contributed by atoms with van der Waals surface area (Å²) in [6, 6.07) is 0. The first-order valence-electron chi connectivity index (χ1n) is 7.49. The van der Waals surface area contributed by atoms with Crippen molar-refractivity contribution in [3.05, 3.63) is 24.3 Å². The molecular formula is C17H33F. The first-order chi connectivity index (χ1) is 8.52. The fourth-order valence-corrected chi connectivity index (χ4v) is 1.90. The zero-order valence-electron chi connectivity index (χ0n) is 13.3. The zero-order valence-corrected chi connectivity index (χ0v) is 13.3. The van der Waals surface area contributed by atoms with Crippen LogP contribution in [0.1, 0.15) is 73.6 Å². The smallest absolute Gasteiger partial charge is 0.119 e. The van der Waals surface area contributed by atoms with Crippen LogP contribution in [0.15, 0.2) is 24.3 Å². The molecule has 0 rings (SSSR count). The fourth-order valence-electron chi connectivity index (χ4n) is 1.90. The van der Waals surface area contributed by atoms with Crippen molar-refractivity contribution in [1.29, 1.82) is 0 Å². The quantitative estimate of drug-likeness (QED) is 0.436. The first-order valence-corrected chi connectivity index (χ1v) is 7.49. The van der Waals surface area contributed by atoms with E-state index in [1.54, 1.807) is 6.08 Å². The molecule has 0 aliphatic carbocycles. The van der Waals surface area contributed by atoms with Gasteiger partial charge in [0.2, 0.25) is 0 Å². The maximum Gasteiger partial charge on any atom is 0.119 e. The van der Waals surface area contributed by atoms with Crippen molar-refractivity contribution in [1.82, 2.24) is 0 Å². The Bertz CT molecular complexity index is 214. The van der Waals surface area contributed by atoms with E-state index in [0.29, 0.717) is 6.42 Å². The molecule has 0 nitrogen and oxygen atoms in total. The van der Waals surface area contributed by atoms with Gasteiger partial charge in [-0.1, -0.05) is 78.7 Å². The summed E-state index contributed by atoms with van der Waals surface area (Å²) in [5, 5.41) is 0. The molecule has 0 amide bonds. The number of hydrogen-bond donors (Lipinski definition) is 0. The number of unbranched alkanes of at least 4 members (excludes halogenated alkanes) is 1. The molecule has 0 radical (unpaired) electrons. The lowest BCUT2D eigenvalue weighted by Crippen LogP contribution is -2.16. The molecule has 0 N–H and O–H groups in total. The van der Waals surface area contributed by atoms with E-state index in [4.69, 9.17) is 0 Å². The van der Waals surface area contributed by atoms with Crippen LogP contribution in [0.4, 0.5) is 4.39 Å². The Kier molecular flexibility index (Phi) is 14.1. The van der Waals surface area contributed by atoms with E-state index in [1.807, 2.05) is 26.0 Å². The average molecular weight is 256 g/mol. The molecule has 0 aromatic heterocycles. The van der Waals surface area contributed by atoms with Crippen LogP contribution in [0.25, 0.3) is 0 Å². The SMILES string of the molecule is CC.CCC/C=C/C=C/C(F)CC(C)(C)CCC. The molecule has 0 aromatic rings. The molecule has 0 aliphatic rings. The lowest BCUT2D eigenvalue weighted by molar-refractivity contribution is 0.227. The highest BCUT2D eigenvalue weighted by Crippen LogP contribution is 2.29. The molecule has 1 unspecified atom stereocenters. The summed E-state index contributed by atoms with van der Waals surface area (Å²) in [6.45, 7) is 12.6. The van der Waals surface area contributed by atoms with E-state index in [2.05, 4.69) is 33.8 Å². The van der Waals surface area contributed by atoms with E-state index in [9.17, 15) is 4.39 Å². The third-order valence-electron chi connectivity index (χ3n) is 2.70. The Balaban J connectivity index is 0. The van der Waals surface area contributed by atoms with Gasteiger partial charge in [-0.2, -0.15) is 0 Å². The van der Waals surface area contributed by atoms with Gasteiger partial charge in [-0.3, -0.25) is 0 Å². The van der Waals surface area contributed by atoms with Gasteiger partial charge in [0, 0.05) is 0 Å². The standard InChI is InChI=1S/C15H27F.C2H6/c1-5-7-8-9-10-11-14(16)13-15(3,4)12-6-2;1-2/h8-11,14H,5-7,12-13H2,1-4H3;1-2H3/b9-8+,11-10+;. The molecule has 0 heterocycles. The van der Waals surface area contributed by atoms with Crippen molar-refractivity contribution in [3.63, 3.8) is 0 Å². The molecule has 0 spiro atoms. The monoisotopic (exact) mass is 256 g/mol. The molecular weight excluding hydrogens is 223 g/mol. The van der Waals surface area contributed by atoms with Crippen LogP contribution in [0.2, 0.25) is 0 Å². The van der Waals surface area contributed by atoms with Gasteiger partial charge in [0.15, 0.2) is 0 Å². The van der Waals surface area contributed by atoms with Crippen molar-refractivity contribution < 1.29 is 4.39 Å². The van der Waals surface area contributed by atoms with Crippen LogP contribution in [-0.4, -0.2) is 6.17 Å². The Morgan fingerprint density at radius 3 is 2.17 bits per heavy atom. The Hall–Kier alpha value is -0.590. The van der Waals surface area contributed by atoms with Gasteiger partial charge in [0.05, 0.1) is 0 Å². The highest BCUT2D eigenvalue weighted by atomic mass is 19.1. The van der Waals surface area contributed by atoms with E-state index < -0.39 is 6.17 Å². The summed E-state index contributed by atoms with van der Waals surface area (Å²) < 4.78 is 13.6. The Labute approximate surface area is 114 Å². The van der Waals surface area contributed by atoms with E-state index in [-0.39, 0.29) is 5.41 Å². The van der Waals surface area contributed by atoms with Crippen LogP contribution in [0.3, 0.4) is 0 Å². The van der Waals surface area contributed by atoms with Gasteiger partial charge in [-0.15, -0.1) is 0 Å². The largest absolute Gasteiger partial charge is 0.243 e. The van der Waals surface area contributed by atoms with Gasteiger partial charge in [-0.05, 0) is 24.7 Å². The Morgan fingerprint density at radius 1 is 1.06 bits per heavy atom. The first kappa shape index (κ1) is 19.7. The van der Waals surface area contributed by atoms with E-state index in [1.165, 1.54) is 0 Å². The predicted octanol–water partition coefficient (Wildman–Crippen LogP) is 6.48. The molecule has 1 atom stereocenters. The Morgan fingerprint density at radius 2 is 1.67 bits per heavy atom. The summed E-state index contributed by atoms with van der Waals surface area (Å²) in [5.74, 6) is 0. The van der Waals surface area contributed by atoms with Crippen LogP contribution < -0.4 is 0 Å². The molecule has 0 fully saturated rings. The summed E-state index contributed by atoms with van der Waals surface area (Å²) in [4.78, 5) is 0. The van der Waals surface area contributed by atoms with Crippen molar-refractivity contribution >= 4 is 0 Å². The lowest BCUT2D eigenvalue weighted by Gasteiger charge is -2.24. The van der Waals surface area contributed by atoms with E-state index >= 15 is 0 Å². The minimum absolute atomic E-state index is 0.117. The molecule has 0 saturated carbocycles. The molecule has 1 heteroatoms. The van der Waals surface area contributed by atoms with Crippen molar-refractivity contribution in [3.8, 4) is 0 Å². The van der Waals surface area contributed by atoms with Gasteiger partial charge in [0.25, 0.3) is 0 Å². The molecule has 0 bridgehead atoms. The second-order valence-electron chi connectivity index (χ2n) is 5.24. The van der Waals surface area contributed by atoms with E-state index in [0.717, 1.165) is 25.7 Å². The molecule has 18 heavy (non-hydrogen) atoms. The highest BCUT2D eigenvalue weighted by Gasteiger charge is 2.20. The summed E-state index contributed by atoms with van der Waals surface area (Å²) in [7, 11) is 0. The number of alkyl halides is 1. The highest BCUT2D eigenvalue weighted by molar-refractivity contribution is 5.05. The minimum Gasteiger partial charge on any atom is -0.243 e.